The summed E-state index contributed by atoms with van der Waals surface area (Å²) in [4.78, 5) is 14.5. The van der Waals surface area contributed by atoms with Gasteiger partial charge in [0.1, 0.15) is 23.4 Å². The van der Waals surface area contributed by atoms with Crippen molar-refractivity contribution in [1.82, 2.24) is 4.90 Å². The van der Waals surface area contributed by atoms with Crippen LogP contribution in [-0.4, -0.2) is 17.4 Å². The number of nitrogens with two attached hydrogens (primary N) is 1. The van der Waals surface area contributed by atoms with Gasteiger partial charge in [-0.1, -0.05) is 18.2 Å². The molecule has 2 aromatic heterocycles. The minimum absolute atomic E-state index is 0.0936. The molecule has 0 fully saturated rings. The molecule has 1 aromatic carbocycles. The monoisotopic (exact) mass is 312 g/mol. The quantitative estimate of drug-likeness (QED) is 0.779. The third kappa shape index (κ3) is 2.87. The molecule has 0 radical (unpaired) electrons. The number of fused-ring (bicyclic) bond motifs is 1. The van der Waals surface area contributed by atoms with E-state index in [0.717, 1.165) is 16.7 Å². The largest absolute Gasteiger partial charge is 0.467 e. The number of carbonyl (C=O) groups is 1. The minimum atomic E-state index is -0.170. The lowest BCUT2D eigenvalue weighted by Gasteiger charge is -2.26. The lowest BCUT2D eigenvalue weighted by atomic mass is 10.1. The maximum absolute atomic E-state index is 12.7. The molecule has 0 bridgehead atoms. The van der Waals surface area contributed by atoms with Gasteiger partial charge in [0.2, 0.25) is 0 Å². The van der Waals surface area contributed by atoms with Crippen LogP contribution in [-0.2, 0) is 6.54 Å². The van der Waals surface area contributed by atoms with Gasteiger partial charge in [-0.3, -0.25) is 4.79 Å². The molecule has 1 atom stereocenters. The van der Waals surface area contributed by atoms with Crippen LogP contribution in [0, 0.1) is 0 Å². The highest BCUT2D eigenvalue weighted by Crippen LogP contribution is 2.28. The van der Waals surface area contributed by atoms with Crippen LogP contribution in [0.15, 0.2) is 51.5 Å². The number of nitrogens with zero attached hydrogens (tertiary/aromatic N) is 1. The van der Waals surface area contributed by atoms with E-state index >= 15 is 0 Å². The van der Waals surface area contributed by atoms with E-state index in [1.165, 1.54) is 6.26 Å². The van der Waals surface area contributed by atoms with Crippen LogP contribution in [0.1, 0.15) is 41.8 Å². The molecule has 5 heteroatoms. The predicted molar refractivity (Wildman–Crippen MR) is 87.9 cm³/mol. The number of hydrogen-bond donors (Lipinski definition) is 1. The first kappa shape index (κ1) is 15.4. The normalized spacial score (nSPS) is 12.5. The molecule has 0 saturated carbocycles. The first-order valence-corrected chi connectivity index (χ1v) is 7.71. The van der Waals surface area contributed by atoms with Crippen molar-refractivity contribution in [1.29, 1.82) is 0 Å². The Balaban J connectivity index is 1.88. The Morgan fingerprint density at radius 1 is 1.30 bits per heavy atom. The van der Waals surface area contributed by atoms with Crippen molar-refractivity contribution >= 4 is 16.9 Å². The van der Waals surface area contributed by atoms with Crippen molar-refractivity contribution in [3.8, 4) is 0 Å². The van der Waals surface area contributed by atoms with Crippen LogP contribution in [0.2, 0.25) is 0 Å². The second-order valence-corrected chi connectivity index (χ2v) is 5.46. The zero-order valence-corrected chi connectivity index (χ0v) is 13.3. The molecule has 0 aliphatic rings. The van der Waals surface area contributed by atoms with Crippen molar-refractivity contribution in [2.75, 3.05) is 6.54 Å². The van der Waals surface area contributed by atoms with Crippen molar-refractivity contribution < 1.29 is 13.6 Å². The SMILES string of the molecule is CCN(C(=O)c1coc(CN)c1)C(C)c1cc2ccccc2o1. The Morgan fingerprint density at radius 3 is 2.74 bits per heavy atom. The van der Waals surface area contributed by atoms with Crippen molar-refractivity contribution in [3.05, 3.63) is 59.7 Å². The maximum atomic E-state index is 12.7. The number of hydrogen-bond acceptors (Lipinski definition) is 4. The summed E-state index contributed by atoms with van der Waals surface area (Å²) in [6, 6.07) is 11.3. The molecule has 1 unspecified atom stereocenters. The Hall–Kier alpha value is -2.53. The molecule has 0 saturated heterocycles. The predicted octanol–water partition coefficient (Wildman–Crippen LogP) is 3.71. The van der Waals surface area contributed by atoms with Gasteiger partial charge in [-0.2, -0.15) is 0 Å². The standard InChI is InChI=1S/C18H20N2O3/c1-3-20(18(21)14-8-15(10-19)22-11-14)12(2)17-9-13-6-4-5-7-16(13)23-17/h4-9,11-12H,3,10,19H2,1-2H3. The summed E-state index contributed by atoms with van der Waals surface area (Å²) in [6.45, 7) is 4.75. The summed E-state index contributed by atoms with van der Waals surface area (Å²) in [7, 11) is 0. The molecule has 120 valence electrons. The lowest BCUT2D eigenvalue weighted by molar-refractivity contribution is 0.0684. The Labute approximate surface area is 134 Å². The summed E-state index contributed by atoms with van der Waals surface area (Å²) in [5, 5.41) is 1.03. The van der Waals surface area contributed by atoms with Gasteiger partial charge in [0.05, 0.1) is 18.2 Å². The number of para-hydroxylation sites is 1. The summed E-state index contributed by atoms with van der Waals surface area (Å²) < 4.78 is 11.2. The van der Waals surface area contributed by atoms with Gasteiger partial charge < -0.3 is 19.5 Å². The molecule has 2 heterocycles. The van der Waals surface area contributed by atoms with Crippen LogP contribution in [0.25, 0.3) is 11.0 Å². The van der Waals surface area contributed by atoms with E-state index in [1.807, 2.05) is 44.2 Å². The van der Waals surface area contributed by atoms with Gasteiger partial charge in [-0.05, 0) is 32.0 Å². The van der Waals surface area contributed by atoms with E-state index in [4.69, 9.17) is 14.6 Å². The number of carbonyl (C=O) groups excluding carboxylic acids is 1. The first-order chi connectivity index (χ1) is 11.1. The van der Waals surface area contributed by atoms with Crippen LogP contribution in [0.3, 0.4) is 0 Å². The molecular weight excluding hydrogens is 292 g/mol. The van der Waals surface area contributed by atoms with E-state index in [-0.39, 0.29) is 18.5 Å². The fourth-order valence-corrected chi connectivity index (χ4v) is 2.72. The molecule has 0 aliphatic heterocycles. The van der Waals surface area contributed by atoms with E-state index in [0.29, 0.717) is 17.9 Å². The number of amides is 1. The van der Waals surface area contributed by atoms with Crippen LogP contribution >= 0.6 is 0 Å². The summed E-state index contributed by atoms with van der Waals surface area (Å²) in [5.74, 6) is 1.27. The second-order valence-electron chi connectivity index (χ2n) is 5.46. The average Bonchev–Trinajstić information content (AvgIpc) is 3.21. The topological polar surface area (TPSA) is 72.6 Å². The molecule has 1 amide bonds. The number of benzene rings is 1. The maximum Gasteiger partial charge on any atom is 0.257 e. The van der Waals surface area contributed by atoms with E-state index < -0.39 is 0 Å². The first-order valence-electron chi connectivity index (χ1n) is 7.71. The molecule has 3 aromatic rings. The van der Waals surface area contributed by atoms with E-state index in [1.54, 1.807) is 11.0 Å². The number of rotatable bonds is 5. The molecule has 3 rings (SSSR count). The van der Waals surface area contributed by atoms with E-state index in [2.05, 4.69) is 0 Å². The molecule has 2 N–H and O–H groups in total. The van der Waals surface area contributed by atoms with Gasteiger partial charge in [-0.25, -0.2) is 0 Å². The highest BCUT2D eigenvalue weighted by atomic mass is 16.3. The zero-order valence-electron chi connectivity index (χ0n) is 13.3. The zero-order chi connectivity index (χ0) is 16.4. The van der Waals surface area contributed by atoms with Gasteiger partial charge in [0.25, 0.3) is 5.91 Å². The molecule has 23 heavy (non-hydrogen) atoms. The Kier molecular flexibility index (Phi) is 4.21. The molecule has 5 nitrogen and oxygen atoms in total. The minimum Gasteiger partial charge on any atom is -0.467 e. The summed E-state index contributed by atoms with van der Waals surface area (Å²) in [6.07, 6.45) is 1.46. The van der Waals surface area contributed by atoms with Crippen molar-refractivity contribution in [2.24, 2.45) is 5.73 Å². The molecule has 0 aliphatic carbocycles. The van der Waals surface area contributed by atoms with Crippen molar-refractivity contribution in [3.63, 3.8) is 0 Å². The fourth-order valence-electron chi connectivity index (χ4n) is 2.72. The summed E-state index contributed by atoms with van der Waals surface area (Å²) in [5.41, 5.74) is 6.87. The van der Waals surface area contributed by atoms with Crippen LogP contribution in [0.4, 0.5) is 0 Å². The molecule has 0 spiro atoms. The smallest absolute Gasteiger partial charge is 0.257 e. The van der Waals surface area contributed by atoms with Crippen LogP contribution < -0.4 is 5.73 Å². The van der Waals surface area contributed by atoms with Gasteiger partial charge in [-0.15, -0.1) is 0 Å². The highest BCUT2D eigenvalue weighted by Gasteiger charge is 2.25. The Morgan fingerprint density at radius 2 is 2.09 bits per heavy atom. The third-order valence-electron chi connectivity index (χ3n) is 4.03. The van der Waals surface area contributed by atoms with Gasteiger partial charge in [0, 0.05) is 11.9 Å². The highest BCUT2D eigenvalue weighted by molar-refractivity contribution is 5.94. The average molecular weight is 312 g/mol. The van der Waals surface area contributed by atoms with Crippen LogP contribution in [0.5, 0.6) is 0 Å². The van der Waals surface area contributed by atoms with Gasteiger partial charge in [0.15, 0.2) is 0 Å². The Bertz CT molecular complexity index is 785. The lowest BCUT2D eigenvalue weighted by Crippen LogP contribution is -2.33. The fraction of sp³-hybridized carbons (Fsp3) is 0.278. The second kappa shape index (κ2) is 6.30. The van der Waals surface area contributed by atoms with Crippen molar-refractivity contribution in [2.45, 2.75) is 26.4 Å². The van der Waals surface area contributed by atoms with Gasteiger partial charge >= 0.3 is 0 Å². The molecular formula is C18H20N2O3. The summed E-state index contributed by atoms with van der Waals surface area (Å²) >= 11 is 0. The number of furan rings is 2. The third-order valence-corrected chi connectivity index (χ3v) is 4.03. The van der Waals surface area contributed by atoms with E-state index in [9.17, 15) is 4.79 Å².